The molecular weight excluding hydrogens is 408 g/mol. The second-order valence-electron chi connectivity index (χ2n) is 6.65. The molecule has 1 aliphatic heterocycles. The number of hydrogen-bond donors (Lipinski definition) is 0. The van der Waals surface area contributed by atoms with Crippen LogP contribution in [0.3, 0.4) is 0 Å². The van der Waals surface area contributed by atoms with Gasteiger partial charge < -0.3 is 4.57 Å². The Morgan fingerprint density at radius 2 is 1.89 bits per heavy atom. The Morgan fingerprint density at radius 3 is 2.68 bits per heavy atom. The summed E-state index contributed by atoms with van der Waals surface area (Å²) >= 11 is 13.1. The van der Waals surface area contributed by atoms with Gasteiger partial charge in [0.05, 0.1) is 4.91 Å². The van der Waals surface area contributed by atoms with Crippen molar-refractivity contribution < 1.29 is 4.79 Å². The van der Waals surface area contributed by atoms with Crippen LogP contribution in [0.2, 0.25) is 5.02 Å². The molecule has 0 unspecified atom stereocenters. The molecule has 0 spiro atoms. The largest absolute Gasteiger partial charge is 0.342 e. The summed E-state index contributed by atoms with van der Waals surface area (Å²) in [5.74, 6) is -0.000199. The second-order valence-corrected chi connectivity index (χ2v) is 8.74. The van der Waals surface area contributed by atoms with Crippen LogP contribution in [0.4, 0.5) is 0 Å². The number of carbonyl (C=O) groups is 1. The molecule has 0 aliphatic carbocycles. The molecule has 0 radical (unpaired) electrons. The molecule has 0 saturated carbocycles. The van der Waals surface area contributed by atoms with E-state index in [1.54, 1.807) is 4.90 Å². The van der Waals surface area contributed by atoms with E-state index in [0.29, 0.717) is 22.3 Å². The number of fused-ring (bicyclic) bond motifs is 1. The molecule has 3 aromatic rings. The second kappa shape index (κ2) is 8.11. The first-order chi connectivity index (χ1) is 13.6. The smallest absolute Gasteiger partial charge is 0.266 e. The molecule has 0 N–H and O–H groups in total. The lowest BCUT2D eigenvalue weighted by atomic mass is 10.1. The third-order valence-electron chi connectivity index (χ3n) is 4.73. The summed E-state index contributed by atoms with van der Waals surface area (Å²) in [5.41, 5.74) is 3.18. The van der Waals surface area contributed by atoms with Crippen LogP contribution in [0.1, 0.15) is 24.5 Å². The van der Waals surface area contributed by atoms with Crippen LogP contribution in [0.25, 0.3) is 17.0 Å². The molecule has 2 aromatic carbocycles. The number of aromatic nitrogens is 1. The summed E-state index contributed by atoms with van der Waals surface area (Å²) in [6, 6.07) is 16.1. The van der Waals surface area contributed by atoms with Crippen molar-refractivity contribution in [2.75, 3.05) is 6.54 Å². The summed E-state index contributed by atoms with van der Waals surface area (Å²) in [4.78, 5) is 15.1. The lowest BCUT2D eigenvalue weighted by Crippen LogP contribution is -2.28. The molecule has 2 heterocycles. The SMILES string of the molecule is CCCN1C(=O)/C(=C/c2cn(Cc3ccccc3Cl)c3ccccc23)SC1=S. The van der Waals surface area contributed by atoms with Gasteiger partial charge in [0.25, 0.3) is 5.91 Å². The number of nitrogens with zero attached hydrogens (tertiary/aromatic N) is 2. The highest BCUT2D eigenvalue weighted by molar-refractivity contribution is 8.26. The van der Waals surface area contributed by atoms with E-state index >= 15 is 0 Å². The Kier molecular flexibility index (Phi) is 5.58. The fraction of sp³-hybridized carbons (Fsp3) is 0.182. The topological polar surface area (TPSA) is 25.2 Å². The Bertz CT molecular complexity index is 1100. The zero-order valence-electron chi connectivity index (χ0n) is 15.4. The first-order valence-electron chi connectivity index (χ1n) is 9.15. The predicted molar refractivity (Wildman–Crippen MR) is 123 cm³/mol. The number of amides is 1. The van der Waals surface area contributed by atoms with E-state index in [-0.39, 0.29) is 5.91 Å². The van der Waals surface area contributed by atoms with Crippen molar-refractivity contribution in [3.8, 4) is 0 Å². The fourth-order valence-corrected chi connectivity index (χ4v) is 4.88. The highest BCUT2D eigenvalue weighted by Crippen LogP contribution is 2.34. The summed E-state index contributed by atoms with van der Waals surface area (Å²) in [6.45, 7) is 3.38. The minimum Gasteiger partial charge on any atom is -0.342 e. The number of thiocarbonyl (C=S) groups is 1. The monoisotopic (exact) mass is 426 g/mol. The maximum atomic E-state index is 12.7. The number of para-hydroxylation sites is 1. The average Bonchev–Trinajstić information content (AvgIpc) is 3.17. The number of thioether (sulfide) groups is 1. The van der Waals surface area contributed by atoms with Gasteiger partial charge in [0.2, 0.25) is 0 Å². The number of rotatable bonds is 5. The van der Waals surface area contributed by atoms with Gasteiger partial charge >= 0.3 is 0 Å². The minimum atomic E-state index is -0.000199. The van der Waals surface area contributed by atoms with Crippen molar-refractivity contribution >= 4 is 62.8 Å². The normalized spacial score (nSPS) is 15.9. The molecule has 1 aromatic heterocycles. The Balaban J connectivity index is 1.74. The quantitative estimate of drug-likeness (QED) is 0.372. The number of carbonyl (C=O) groups excluding carboxylic acids is 1. The Morgan fingerprint density at radius 1 is 1.14 bits per heavy atom. The highest BCUT2D eigenvalue weighted by Gasteiger charge is 2.31. The van der Waals surface area contributed by atoms with Gasteiger partial charge in [-0.2, -0.15) is 0 Å². The summed E-state index contributed by atoms with van der Waals surface area (Å²) in [5, 5.41) is 1.86. The van der Waals surface area contributed by atoms with Gasteiger partial charge in [-0.3, -0.25) is 9.69 Å². The molecule has 1 amide bonds. The van der Waals surface area contributed by atoms with Crippen LogP contribution in [-0.2, 0) is 11.3 Å². The fourth-order valence-electron chi connectivity index (χ4n) is 3.39. The Hall–Kier alpha value is -2.08. The zero-order chi connectivity index (χ0) is 19.7. The minimum absolute atomic E-state index is 0.000199. The first kappa shape index (κ1) is 19.2. The lowest BCUT2D eigenvalue weighted by molar-refractivity contribution is -0.122. The van der Waals surface area contributed by atoms with Gasteiger partial charge in [-0.15, -0.1) is 0 Å². The molecule has 3 nitrogen and oxygen atoms in total. The molecule has 4 rings (SSSR count). The summed E-state index contributed by atoms with van der Waals surface area (Å²) in [6.07, 6.45) is 4.93. The molecule has 142 valence electrons. The predicted octanol–water partition coefficient (Wildman–Crippen LogP) is 5.95. The number of hydrogen-bond acceptors (Lipinski definition) is 3. The van der Waals surface area contributed by atoms with E-state index in [1.807, 2.05) is 49.4 Å². The summed E-state index contributed by atoms with van der Waals surface area (Å²) in [7, 11) is 0. The standard InChI is InChI=1S/C22H19ClN2OS2/c1-2-11-25-21(26)20(28-22(25)27)12-16-14-24(19-10-6-4-8-17(16)19)13-15-7-3-5-9-18(15)23/h3-10,12,14H,2,11,13H2,1H3/b20-12-. The number of halogens is 1. The molecule has 6 heteroatoms. The average molecular weight is 427 g/mol. The third-order valence-corrected chi connectivity index (χ3v) is 6.47. The van der Waals surface area contributed by atoms with Crippen LogP contribution in [0, 0.1) is 0 Å². The molecule has 1 saturated heterocycles. The maximum absolute atomic E-state index is 12.7. The molecule has 0 bridgehead atoms. The molecule has 1 aliphatic rings. The van der Waals surface area contributed by atoms with Gasteiger partial charge in [0.1, 0.15) is 4.32 Å². The first-order valence-corrected chi connectivity index (χ1v) is 10.8. The van der Waals surface area contributed by atoms with Crippen molar-refractivity contribution in [2.24, 2.45) is 0 Å². The molecule has 0 atom stereocenters. The summed E-state index contributed by atoms with van der Waals surface area (Å²) < 4.78 is 2.81. The van der Waals surface area contributed by atoms with Gasteiger partial charge in [-0.25, -0.2) is 0 Å². The van der Waals surface area contributed by atoms with E-state index in [1.165, 1.54) is 11.8 Å². The van der Waals surface area contributed by atoms with Crippen LogP contribution < -0.4 is 0 Å². The van der Waals surface area contributed by atoms with Crippen LogP contribution in [0.15, 0.2) is 59.6 Å². The molecular formula is C22H19ClN2OS2. The lowest BCUT2D eigenvalue weighted by Gasteiger charge is -2.11. The van der Waals surface area contributed by atoms with E-state index < -0.39 is 0 Å². The van der Waals surface area contributed by atoms with Crippen molar-refractivity contribution in [2.45, 2.75) is 19.9 Å². The van der Waals surface area contributed by atoms with Gasteiger partial charge in [0, 0.05) is 40.8 Å². The number of benzene rings is 2. The zero-order valence-corrected chi connectivity index (χ0v) is 17.8. The van der Waals surface area contributed by atoms with Crippen LogP contribution in [0.5, 0.6) is 0 Å². The van der Waals surface area contributed by atoms with Crippen molar-refractivity contribution in [1.82, 2.24) is 9.47 Å². The molecule has 28 heavy (non-hydrogen) atoms. The van der Waals surface area contributed by atoms with Crippen molar-refractivity contribution in [3.63, 3.8) is 0 Å². The molecule has 1 fully saturated rings. The van der Waals surface area contributed by atoms with E-state index in [9.17, 15) is 4.79 Å². The maximum Gasteiger partial charge on any atom is 0.266 e. The van der Waals surface area contributed by atoms with Gasteiger partial charge in [-0.1, -0.05) is 78.9 Å². The van der Waals surface area contributed by atoms with Crippen molar-refractivity contribution in [3.05, 3.63) is 75.8 Å². The van der Waals surface area contributed by atoms with Crippen LogP contribution in [-0.4, -0.2) is 26.2 Å². The highest BCUT2D eigenvalue weighted by atomic mass is 35.5. The Labute approximate surface area is 179 Å². The van der Waals surface area contributed by atoms with Gasteiger partial charge in [0.15, 0.2) is 0 Å². The van der Waals surface area contributed by atoms with E-state index in [0.717, 1.165) is 33.5 Å². The van der Waals surface area contributed by atoms with E-state index in [4.69, 9.17) is 23.8 Å². The van der Waals surface area contributed by atoms with Crippen LogP contribution >= 0.6 is 35.6 Å². The van der Waals surface area contributed by atoms with E-state index in [2.05, 4.69) is 22.9 Å². The third kappa shape index (κ3) is 3.62. The van der Waals surface area contributed by atoms with Gasteiger partial charge in [-0.05, 0) is 30.2 Å². The van der Waals surface area contributed by atoms with Crippen molar-refractivity contribution in [1.29, 1.82) is 0 Å².